The van der Waals surface area contributed by atoms with Crippen molar-refractivity contribution in [1.82, 2.24) is 0 Å². The van der Waals surface area contributed by atoms with E-state index in [4.69, 9.17) is 10.2 Å². The summed E-state index contributed by atoms with van der Waals surface area (Å²) in [5, 5.41) is 18.3. The Balaban J connectivity index is 0. The molecule has 4 nitrogen and oxygen atoms in total. The summed E-state index contributed by atoms with van der Waals surface area (Å²) in [5.41, 5.74) is -1.58. The van der Waals surface area contributed by atoms with Crippen LogP contribution in [0.3, 0.4) is 0 Å². The van der Waals surface area contributed by atoms with Gasteiger partial charge in [-0.05, 0) is 12.8 Å². The van der Waals surface area contributed by atoms with Crippen LogP contribution in [-0.4, -0.2) is 59.9 Å². The van der Waals surface area contributed by atoms with E-state index in [-0.39, 0.29) is 50.6 Å². The molecular weight excluding hydrogens is 308 g/mol. The van der Waals surface area contributed by atoms with Gasteiger partial charge in [0.15, 0.2) is 5.41 Å². The van der Waals surface area contributed by atoms with Crippen LogP contribution in [0.2, 0.25) is 0 Å². The zero-order valence-corrected chi connectivity index (χ0v) is 13.7. The molecule has 0 saturated heterocycles. The van der Waals surface area contributed by atoms with E-state index in [0.29, 0.717) is 6.42 Å². The van der Waals surface area contributed by atoms with Gasteiger partial charge in [0.25, 0.3) is 0 Å². The molecule has 0 unspecified atom stereocenters. The zero-order chi connectivity index (χ0) is 16.1. The van der Waals surface area contributed by atoms with E-state index in [2.05, 4.69) is 6.92 Å². The number of aliphatic carboxylic acids is 2. The summed E-state index contributed by atoms with van der Waals surface area (Å²) < 4.78 is 0. The van der Waals surface area contributed by atoms with Gasteiger partial charge in [0.1, 0.15) is 0 Å². The van der Waals surface area contributed by atoms with Crippen LogP contribution in [0.5, 0.6) is 0 Å². The van der Waals surface area contributed by atoms with Crippen molar-refractivity contribution in [3.8, 4) is 0 Å². The fraction of sp³-hybridized carbons (Fsp3) is 0.882. The van der Waals surface area contributed by atoms with Gasteiger partial charge in [0.05, 0.1) is 0 Å². The van der Waals surface area contributed by atoms with Gasteiger partial charge in [-0.15, -0.1) is 0 Å². The zero-order valence-electron chi connectivity index (χ0n) is 13.7. The van der Waals surface area contributed by atoms with E-state index in [1.165, 1.54) is 44.9 Å². The summed E-state index contributed by atoms with van der Waals surface area (Å²) in [6.45, 7) is 3.85. The summed E-state index contributed by atoms with van der Waals surface area (Å²) in [6, 6.07) is 0. The SMILES string of the molecule is CCCCCCCCCCCCC(CC)(C(=O)O)C(=O)O.[CaH2]. The Labute approximate surface area is 165 Å². The third-order valence-corrected chi connectivity index (χ3v) is 4.38. The van der Waals surface area contributed by atoms with Gasteiger partial charge in [-0.3, -0.25) is 9.59 Å². The minimum atomic E-state index is -1.58. The molecule has 0 bridgehead atoms. The molecule has 0 aliphatic heterocycles. The molecule has 0 saturated carbocycles. The van der Waals surface area contributed by atoms with Gasteiger partial charge >= 0.3 is 49.7 Å². The Kier molecular flexibility index (Phi) is 16.4. The molecule has 0 heterocycles. The van der Waals surface area contributed by atoms with Crippen molar-refractivity contribution in [3.63, 3.8) is 0 Å². The quantitative estimate of drug-likeness (QED) is 0.285. The molecule has 0 aromatic heterocycles. The summed E-state index contributed by atoms with van der Waals surface area (Å²) in [5.74, 6) is -2.40. The third-order valence-electron chi connectivity index (χ3n) is 4.38. The number of carbonyl (C=O) groups is 2. The van der Waals surface area contributed by atoms with Crippen LogP contribution in [0.1, 0.15) is 90.9 Å². The van der Waals surface area contributed by atoms with Crippen molar-refractivity contribution in [2.45, 2.75) is 90.9 Å². The monoisotopic (exact) mass is 342 g/mol. The fourth-order valence-electron chi connectivity index (χ4n) is 2.70. The van der Waals surface area contributed by atoms with Gasteiger partial charge in [0.2, 0.25) is 0 Å². The first-order chi connectivity index (χ1) is 10.0. The molecule has 0 aromatic carbocycles. The normalized spacial score (nSPS) is 11.0. The van der Waals surface area contributed by atoms with Crippen LogP contribution < -0.4 is 0 Å². The van der Waals surface area contributed by atoms with Crippen LogP contribution in [-0.2, 0) is 9.59 Å². The molecular formula is C17H34CaO4. The van der Waals surface area contributed by atoms with Crippen LogP contribution in [0.25, 0.3) is 0 Å². The molecule has 0 aliphatic rings. The van der Waals surface area contributed by atoms with E-state index in [1.807, 2.05) is 0 Å². The average molecular weight is 343 g/mol. The average Bonchev–Trinajstić information content (AvgIpc) is 2.44. The number of hydrogen-bond acceptors (Lipinski definition) is 2. The van der Waals surface area contributed by atoms with E-state index in [9.17, 15) is 9.59 Å². The summed E-state index contributed by atoms with van der Waals surface area (Å²) in [4.78, 5) is 22.4. The van der Waals surface area contributed by atoms with E-state index < -0.39 is 17.4 Å². The van der Waals surface area contributed by atoms with Gasteiger partial charge in [-0.25, -0.2) is 0 Å². The molecule has 0 rings (SSSR count). The van der Waals surface area contributed by atoms with Crippen molar-refractivity contribution in [2.24, 2.45) is 5.41 Å². The standard InChI is InChI=1S/C17H32O4.Ca.2H/c1-3-5-6-7-8-9-10-11-12-13-14-17(4-2,15(18)19)16(20)21;;;/h3-14H2,1-2H3,(H,18,19)(H,20,21);;;. The summed E-state index contributed by atoms with van der Waals surface area (Å²) in [6.07, 6.45) is 12.0. The van der Waals surface area contributed by atoms with Gasteiger partial charge in [0, 0.05) is 0 Å². The first-order valence-corrected chi connectivity index (χ1v) is 8.48. The second-order valence-electron chi connectivity index (χ2n) is 5.98. The first-order valence-electron chi connectivity index (χ1n) is 8.48. The molecule has 2 N–H and O–H groups in total. The molecule has 0 atom stereocenters. The van der Waals surface area contributed by atoms with Crippen molar-refractivity contribution in [3.05, 3.63) is 0 Å². The van der Waals surface area contributed by atoms with Crippen molar-refractivity contribution >= 4 is 49.7 Å². The van der Waals surface area contributed by atoms with E-state index >= 15 is 0 Å². The molecule has 128 valence electrons. The molecule has 0 spiro atoms. The number of rotatable bonds is 14. The van der Waals surface area contributed by atoms with Gasteiger partial charge in [-0.1, -0.05) is 78.1 Å². The molecule has 0 amide bonds. The predicted molar refractivity (Wildman–Crippen MR) is 93.0 cm³/mol. The van der Waals surface area contributed by atoms with E-state index in [0.717, 1.165) is 12.8 Å². The Bertz CT molecular complexity index is 291. The van der Waals surface area contributed by atoms with Gasteiger partial charge < -0.3 is 10.2 Å². The topological polar surface area (TPSA) is 74.6 Å². The van der Waals surface area contributed by atoms with Crippen molar-refractivity contribution in [1.29, 1.82) is 0 Å². The number of carboxylic acids is 2. The molecule has 0 aliphatic carbocycles. The second kappa shape index (κ2) is 14.8. The number of carboxylic acid groups (broad SMARTS) is 2. The summed E-state index contributed by atoms with van der Waals surface area (Å²) in [7, 11) is 0. The first kappa shape index (κ1) is 24.5. The minimum absolute atomic E-state index is 0. The third kappa shape index (κ3) is 9.36. The van der Waals surface area contributed by atoms with Crippen LogP contribution in [0.15, 0.2) is 0 Å². The van der Waals surface area contributed by atoms with Gasteiger partial charge in [-0.2, -0.15) is 0 Å². The molecule has 5 heteroatoms. The second-order valence-corrected chi connectivity index (χ2v) is 5.98. The van der Waals surface area contributed by atoms with E-state index in [1.54, 1.807) is 6.92 Å². The van der Waals surface area contributed by atoms with Crippen LogP contribution >= 0.6 is 0 Å². The maximum atomic E-state index is 11.2. The number of unbranched alkanes of at least 4 members (excludes halogenated alkanes) is 9. The molecule has 0 aromatic rings. The Morgan fingerprint density at radius 1 is 0.727 bits per heavy atom. The molecule has 0 radical (unpaired) electrons. The molecule has 22 heavy (non-hydrogen) atoms. The maximum absolute atomic E-state index is 11.2. The Morgan fingerprint density at radius 3 is 1.41 bits per heavy atom. The summed E-state index contributed by atoms with van der Waals surface area (Å²) >= 11 is 0. The van der Waals surface area contributed by atoms with Crippen LogP contribution in [0, 0.1) is 5.41 Å². The van der Waals surface area contributed by atoms with Crippen LogP contribution in [0.4, 0.5) is 0 Å². The number of hydrogen-bond donors (Lipinski definition) is 2. The fourth-order valence-corrected chi connectivity index (χ4v) is 2.70. The Morgan fingerprint density at radius 2 is 1.09 bits per heavy atom. The molecule has 0 fully saturated rings. The Hall–Kier alpha value is 0.200. The van der Waals surface area contributed by atoms with Crippen molar-refractivity contribution < 1.29 is 19.8 Å². The predicted octanol–water partition coefficient (Wildman–Crippen LogP) is 3.95. The van der Waals surface area contributed by atoms with Crippen molar-refractivity contribution in [2.75, 3.05) is 0 Å².